The van der Waals surface area contributed by atoms with Gasteiger partial charge in [0.25, 0.3) is 0 Å². The standard InChI is InChI=1S/C18H30O/c1-16(2)10-8-12-18(4)14-9-13-17(3)11-6-5-7-15-19/h10-11,14-15H,5-9,12-13H2,1-4H3/b17-11-,18-14-. The third kappa shape index (κ3) is 13.1. The van der Waals surface area contributed by atoms with Gasteiger partial charge >= 0.3 is 0 Å². The minimum absolute atomic E-state index is 0.688. The van der Waals surface area contributed by atoms with Gasteiger partial charge < -0.3 is 4.79 Å². The second-order valence-electron chi connectivity index (χ2n) is 5.56. The van der Waals surface area contributed by atoms with Crippen LogP contribution in [0.5, 0.6) is 0 Å². The highest BCUT2D eigenvalue weighted by atomic mass is 16.1. The Morgan fingerprint density at radius 2 is 1.26 bits per heavy atom. The van der Waals surface area contributed by atoms with Crippen LogP contribution in [0.25, 0.3) is 0 Å². The first kappa shape index (κ1) is 17.9. The monoisotopic (exact) mass is 262 g/mol. The lowest BCUT2D eigenvalue weighted by Gasteiger charge is -2.01. The molecule has 1 nitrogen and oxygen atoms in total. The molecule has 0 amide bonds. The van der Waals surface area contributed by atoms with Crippen molar-refractivity contribution in [1.29, 1.82) is 0 Å². The van der Waals surface area contributed by atoms with Crippen molar-refractivity contribution < 1.29 is 4.79 Å². The zero-order valence-corrected chi connectivity index (χ0v) is 13.2. The van der Waals surface area contributed by atoms with E-state index in [4.69, 9.17) is 0 Å². The summed E-state index contributed by atoms with van der Waals surface area (Å²) in [4.78, 5) is 10.2. The number of carbonyl (C=O) groups excluding carboxylic acids is 1. The summed E-state index contributed by atoms with van der Waals surface area (Å²) < 4.78 is 0. The maximum absolute atomic E-state index is 10.2. The molecular weight excluding hydrogens is 232 g/mol. The van der Waals surface area contributed by atoms with Crippen LogP contribution < -0.4 is 0 Å². The first-order chi connectivity index (χ1) is 9.06. The van der Waals surface area contributed by atoms with E-state index in [-0.39, 0.29) is 0 Å². The summed E-state index contributed by atoms with van der Waals surface area (Å²) in [5.41, 5.74) is 4.34. The van der Waals surface area contributed by atoms with Crippen molar-refractivity contribution in [2.75, 3.05) is 0 Å². The molecule has 0 aliphatic carbocycles. The van der Waals surface area contributed by atoms with Crippen molar-refractivity contribution in [3.05, 3.63) is 34.9 Å². The zero-order chi connectivity index (χ0) is 14.5. The predicted molar refractivity (Wildman–Crippen MR) is 85.3 cm³/mol. The zero-order valence-electron chi connectivity index (χ0n) is 13.2. The number of allylic oxidation sites excluding steroid dienone is 6. The van der Waals surface area contributed by atoms with Crippen LogP contribution in [0.3, 0.4) is 0 Å². The Kier molecular flexibility index (Phi) is 11.3. The summed E-state index contributed by atoms with van der Waals surface area (Å²) in [7, 11) is 0. The van der Waals surface area contributed by atoms with Gasteiger partial charge in [0.2, 0.25) is 0 Å². The lowest BCUT2D eigenvalue weighted by molar-refractivity contribution is -0.107. The average molecular weight is 262 g/mol. The highest BCUT2D eigenvalue weighted by molar-refractivity contribution is 5.49. The summed E-state index contributed by atoms with van der Waals surface area (Å²) in [5, 5.41) is 0. The maximum atomic E-state index is 10.2. The average Bonchev–Trinajstić information content (AvgIpc) is 2.34. The molecule has 0 rings (SSSR count). The fraction of sp³-hybridized carbons (Fsp3) is 0.611. The molecule has 108 valence electrons. The molecule has 0 aromatic heterocycles. The second kappa shape index (κ2) is 12.0. The lowest BCUT2D eigenvalue weighted by atomic mass is 10.1. The minimum atomic E-state index is 0.688. The molecule has 19 heavy (non-hydrogen) atoms. The molecule has 1 heteroatoms. The van der Waals surface area contributed by atoms with Crippen LogP contribution in [0.15, 0.2) is 34.9 Å². The Morgan fingerprint density at radius 3 is 1.79 bits per heavy atom. The first-order valence-electron chi connectivity index (χ1n) is 7.44. The van der Waals surface area contributed by atoms with Gasteiger partial charge in [-0.3, -0.25) is 0 Å². The van der Waals surface area contributed by atoms with E-state index in [9.17, 15) is 4.79 Å². The van der Waals surface area contributed by atoms with Crippen molar-refractivity contribution in [3.63, 3.8) is 0 Å². The van der Waals surface area contributed by atoms with E-state index in [1.807, 2.05) is 0 Å². The molecule has 0 N–H and O–H groups in total. The molecule has 0 saturated heterocycles. The molecule has 0 aliphatic heterocycles. The highest BCUT2D eigenvalue weighted by Gasteiger charge is 1.92. The molecular formula is C18H30O. The molecule has 0 radical (unpaired) electrons. The summed E-state index contributed by atoms with van der Waals surface area (Å²) in [6.45, 7) is 8.71. The number of unbranched alkanes of at least 4 members (excludes halogenated alkanes) is 2. The number of aldehydes is 1. The van der Waals surface area contributed by atoms with Crippen LogP contribution >= 0.6 is 0 Å². The normalized spacial score (nSPS) is 12.4. The largest absolute Gasteiger partial charge is 0.303 e. The van der Waals surface area contributed by atoms with Crippen LogP contribution in [-0.4, -0.2) is 6.29 Å². The van der Waals surface area contributed by atoms with Crippen LogP contribution in [0.4, 0.5) is 0 Å². The highest BCUT2D eigenvalue weighted by Crippen LogP contribution is 2.12. The Balaban J connectivity index is 3.80. The molecule has 0 spiro atoms. The second-order valence-corrected chi connectivity index (χ2v) is 5.56. The Labute approximate surface area is 119 Å². The summed E-state index contributed by atoms with van der Waals surface area (Å²) in [5.74, 6) is 0. The van der Waals surface area contributed by atoms with Crippen LogP contribution in [0.1, 0.15) is 72.6 Å². The smallest absolute Gasteiger partial charge is 0.120 e. The molecule has 0 aliphatic rings. The summed E-state index contributed by atoms with van der Waals surface area (Å²) in [6, 6.07) is 0. The van der Waals surface area contributed by atoms with Crippen LogP contribution in [0.2, 0.25) is 0 Å². The van der Waals surface area contributed by atoms with Gasteiger partial charge in [-0.25, -0.2) is 0 Å². The quantitative estimate of drug-likeness (QED) is 0.277. The third-order valence-corrected chi connectivity index (χ3v) is 3.14. The van der Waals surface area contributed by atoms with Gasteiger partial charge in [-0.05, 0) is 66.2 Å². The molecule has 0 fully saturated rings. The van der Waals surface area contributed by atoms with Crippen LogP contribution in [0, 0.1) is 0 Å². The fourth-order valence-corrected chi connectivity index (χ4v) is 1.89. The van der Waals surface area contributed by atoms with E-state index in [1.165, 1.54) is 23.1 Å². The van der Waals surface area contributed by atoms with E-state index in [1.54, 1.807) is 0 Å². The van der Waals surface area contributed by atoms with Crippen molar-refractivity contribution in [1.82, 2.24) is 0 Å². The SMILES string of the molecule is CC(C)=CCC/C(C)=C\CC/C(C)=C\CCCC=O. The third-order valence-electron chi connectivity index (χ3n) is 3.14. The summed E-state index contributed by atoms with van der Waals surface area (Å²) >= 11 is 0. The molecule has 0 bridgehead atoms. The van der Waals surface area contributed by atoms with Crippen molar-refractivity contribution in [2.45, 2.75) is 72.6 Å². The number of hydrogen-bond acceptors (Lipinski definition) is 1. The maximum Gasteiger partial charge on any atom is 0.120 e. The Morgan fingerprint density at radius 1 is 0.737 bits per heavy atom. The van der Waals surface area contributed by atoms with Gasteiger partial charge in [-0.15, -0.1) is 0 Å². The van der Waals surface area contributed by atoms with Gasteiger partial charge in [0, 0.05) is 6.42 Å². The van der Waals surface area contributed by atoms with Gasteiger partial charge in [0.05, 0.1) is 0 Å². The minimum Gasteiger partial charge on any atom is -0.303 e. The van der Waals surface area contributed by atoms with E-state index >= 15 is 0 Å². The molecule has 0 aromatic rings. The number of carbonyl (C=O) groups is 1. The molecule has 0 aromatic carbocycles. The van der Waals surface area contributed by atoms with Gasteiger partial charge in [-0.1, -0.05) is 34.9 Å². The van der Waals surface area contributed by atoms with E-state index in [0.717, 1.165) is 38.4 Å². The lowest BCUT2D eigenvalue weighted by Crippen LogP contribution is -1.81. The predicted octanol–water partition coefficient (Wildman–Crippen LogP) is 5.77. The van der Waals surface area contributed by atoms with E-state index in [2.05, 4.69) is 45.9 Å². The van der Waals surface area contributed by atoms with Gasteiger partial charge in [0.15, 0.2) is 0 Å². The number of hydrogen-bond donors (Lipinski definition) is 0. The molecule has 0 saturated carbocycles. The summed E-state index contributed by atoms with van der Waals surface area (Å²) in [6.07, 6.45) is 15.3. The Bertz CT molecular complexity index is 328. The van der Waals surface area contributed by atoms with Gasteiger partial charge in [0.1, 0.15) is 6.29 Å². The van der Waals surface area contributed by atoms with Crippen LogP contribution in [-0.2, 0) is 4.79 Å². The molecule has 0 unspecified atom stereocenters. The Hall–Kier alpha value is -1.11. The van der Waals surface area contributed by atoms with Crippen molar-refractivity contribution in [3.8, 4) is 0 Å². The fourth-order valence-electron chi connectivity index (χ4n) is 1.89. The van der Waals surface area contributed by atoms with E-state index in [0.29, 0.717) is 6.42 Å². The van der Waals surface area contributed by atoms with Crippen molar-refractivity contribution >= 4 is 6.29 Å². The number of rotatable bonds is 10. The molecule has 0 heterocycles. The first-order valence-corrected chi connectivity index (χ1v) is 7.44. The molecule has 0 atom stereocenters. The van der Waals surface area contributed by atoms with Gasteiger partial charge in [-0.2, -0.15) is 0 Å². The van der Waals surface area contributed by atoms with Crippen molar-refractivity contribution in [2.24, 2.45) is 0 Å². The topological polar surface area (TPSA) is 17.1 Å². The van der Waals surface area contributed by atoms with E-state index < -0.39 is 0 Å².